The molecule has 48 heavy (non-hydrogen) atoms. The molecule has 7 nitrogen and oxygen atoms in total. The molecule has 0 bridgehead atoms. The van der Waals surface area contributed by atoms with Crippen molar-refractivity contribution in [3.05, 3.63) is 128 Å². The van der Waals surface area contributed by atoms with Gasteiger partial charge in [-0.05, 0) is 85.0 Å². The van der Waals surface area contributed by atoms with Crippen molar-refractivity contribution in [2.24, 2.45) is 0 Å². The van der Waals surface area contributed by atoms with E-state index in [4.69, 9.17) is 39.5 Å². The van der Waals surface area contributed by atoms with Crippen LogP contribution < -0.4 is 10.6 Å². The van der Waals surface area contributed by atoms with Crippen molar-refractivity contribution in [3.63, 3.8) is 0 Å². The summed E-state index contributed by atoms with van der Waals surface area (Å²) in [6.45, 7) is 1.57. The van der Waals surface area contributed by atoms with Crippen LogP contribution >= 0.6 is 34.8 Å². The highest BCUT2D eigenvalue weighted by atomic mass is 35.5. The highest BCUT2D eigenvalue weighted by Gasteiger charge is 2.45. The molecule has 1 saturated heterocycles. The molecule has 0 aromatic heterocycles. The molecular weight excluding hydrogens is 676 g/mol. The summed E-state index contributed by atoms with van der Waals surface area (Å²) >= 11 is 18.9. The monoisotopic (exact) mass is 709 g/mol. The minimum atomic E-state index is -0.906. The average molecular weight is 711 g/mol. The van der Waals surface area contributed by atoms with Crippen molar-refractivity contribution in [1.82, 2.24) is 10.2 Å². The van der Waals surface area contributed by atoms with Gasteiger partial charge in [0.05, 0.1) is 21.3 Å². The number of carbonyl (C=O) groups is 2. The molecule has 4 aromatic carbocycles. The maximum atomic E-state index is 14.4. The van der Waals surface area contributed by atoms with Crippen molar-refractivity contribution in [2.45, 2.75) is 49.7 Å². The Balaban J connectivity index is 1.23. The van der Waals surface area contributed by atoms with Gasteiger partial charge < -0.3 is 15.2 Å². The minimum Gasteiger partial charge on any atom is -0.507 e. The smallest absolute Gasteiger partial charge is 0.412 e. The largest absolute Gasteiger partial charge is 0.507 e. The Morgan fingerprint density at radius 2 is 1.71 bits per heavy atom. The van der Waals surface area contributed by atoms with Gasteiger partial charge in [0.1, 0.15) is 17.2 Å². The molecule has 6 rings (SSSR count). The molecule has 2 amide bonds. The van der Waals surface area contributed by atoms with Crippen molar-refractivity contribution in [2.75, 3.05) is 25.0 Å². The van der Waals surface area contributed by atoms with Gasteiger partial charge in [0.2, 0.25) is 0 Å². The number of para-hydroxylation sites is 1. The van der Waals surface area contributed by atoms with Gasteiger partial charge in [-0.25, -0.2) is 9.18 Å². The quantitative estimate of drug-likeness (QED) is 0.153. The minimum absolute atomic E-state index is 0.0863. The van der Waals surface area contributed by atoms with E-state index in [9.17, 15) is 19.1 Å². The third-order valence-corrected chi connectivity index (χ3v) is 10.4. The Morgan fingerprint density at radius 1 is 0.958 bits per heavy atom. The first kappa shape index (κ1) is 34.1. The summed E-state index contributed by atoms with van der Waals surface area (Å²) < 4.78 is 20.2. The Kier molecular flexibility index (Phi) is 10.5. The van der Waals surface area contributed by atoms with E-state index >= 15 is 0 Å². The van der Waals surface area contributed by atoms with Gasteiger partial charge in [-0.2, -0.15) is 0 Å². The van der Waals surface area contributed by atoms with Gasteiger partial charge in [0.15, 0.2) is 0 Å². The van der Waals surface area contributed by atoms with Gasteiger partial charge >= 0.3 is 6.09 Å². The van der Waals surface area contributed by atoms with Crippen molar-refractivity contribution in [1.29, 1.82) is 0 Å². The first-order valence-corrected chi connectivity index (χ1v) is 17.0. The molecule has 1 spiro atoms. The van der Waals surface area contributed by atoms with Crippen LogP contribution in [0.25, 0.3) is 0 Å². The number of likely N-dealkylation sites (tertiary alicyclic amines) is 1. The molecule has 2 aliphatic heterocycles. The summed E-state index contributed by atoms with van der Waals surface area (Å²) in [7, 11) is 0. The number of nitrogens with zero attached hydrogens (tertiary/aromatic N) is 1. The van der Waals surface area contributed by atoms with Crippen LogP contribution in [-0.4, -0.2) is 47.7 Å². The average Bonchev–Trinajstić information content (AvgIpc) is 3.07. The normalized spacial score (nSPS) is 16.8. The van der Waals surface area contributed by atoms with Gasteiger partial charge in [-0.15, -0.1) is 0 Å². The second-order valence-corrected chi connectivity index (χ2v) is 13.6. The first-order valence-electron chi connectivity index (χ1n) is 15.9. The number of hydrogen-bond donors (Lipinski definition) is 3. The predicted molar refractivity (Wildman–Crippen MR) is 187 cm³/mol. The lowest BCUT2D eigenvalue weighted by Crippen LogP contribution is -2.51. The topological polar surface area (TPSA) is 90.9 Å². The Hall–Kier alpha value is -3.82. The summed E-state index contributed by atoms with van der Waals surface area (Å²) in [5, 5.41) is 17.5. The van der Waals surface area contributed by atoms with Crippen molar-refractivity contribution >= 4 is 52.5 Å². The van der Waals surface area contributed by atoms with E-state index in [1.807, 2.05) is 36.4 Å². The first-order chi connectivity index (χ1) is 23.1. The fourth-order valence-corrected chi connectivity index (χ4v) is 7.25. The summed E-state index contributed by atoms with van der Waals surface area (Å²) in [4.78, 5) is 28.0. The number of ether oxygens (including phenoxy) is 1. The number of halogens is 4. The van der Waals surface area contributed by atoms with E-state index in [-0.39, 0.29) is 35.0 Å². The second kappa shape index (κ2) is 14.7. The predicted octanol–water partition coefficient (Wildman–Crippen LogP) is 8.95. The molecule has 250 valence electrons. The zero-order chi connectivity index (χ0) is 33.8. The number of rotatable bonds is 10. The number of anilines is 1. The van der Waals surface area contributed by atoms with Gasteiger partial charge in [-0.1, -0.05) is 65.1 Å². The van der Waals surface area contributed by atoms with E-state index in [1.54, 1.807) is 30.3 Å². The summed E-state index contributed by atoms with van der Waals surface area (Å²) in [5.74, 6) is -0.945. The zero-order valence-electron chi connectivity index (χ0n) is 26.0. The number of phenols is 1. The number of fused-ring (bicyclic) bond motifs is 2. The number of piperidine rings is 1. The Bertz CT molecular complexity index is 1800. The van der Waals surface area contributed by atoms with Gasteiger partial charge in [-0.3, -0.25) is 15.0 Å². The van der Waals surface area contributed by atoms with Crippen LogP contribution in [0.3, 0.4) is 0 Å². The van der Waals surface area contributed by atoms with Crippen LogP contribution in [0.5, 0.6) is 5.75 Å². The molecule has 2 unspecified atom stereocenters. The van der Waals surface area contributed by atoms with Crippen LogP contribution in [0.1, 0.15) is 58.6 Å². The highest BCUT2D eigenvalue weighted by molar-refractivity contribution is 6.42. The van der Waals surface area contributed by atoms with Crippen LogP contribution in [0.4, 0.5) is 14.9 Å². The molecule has 1 fully saturated rings. The van der Waals surface area contributed by atoms with E-state index < -0.39 is 11.7 Å². The SMILES string of the molecule is O=C1Nc2ccc(F)cc2C2(CCN(C(CCC(CNC(=O)c3ccccc3O)c3ccc(Cl)c(Cl)c3)Cc3ccc(Cl)cc3)CC2)O1. The maximum absolute atomic E-state index is 14.4. The molecular formula is C37H35Cl3FN3O4. The Labute approximate surface area is 294 Å². The molecule has 11 heteroatoms. The van der Waals surface area contributed by atoms with Gasteiger partial charge in [0, 0.05) is 55.0 Å². The van der Waals surface area contributed by atoms with Crippen LogP contribution in [-0.2, 0) is 16.8 Å². The standard InChI is InChI=1S/C37H35Cl3FN3O4/c38-26-9-5-23(6-10-26)19-28(44-17-15-37(16-18-44)30-21-27(41)11-14-33(30)43-36(47)48-37)12-7-25(24-8-13-31(39)32(40)20-24)22-42-35(46)29-3-1-2-4-34(29)45/h1-6,8-11,13-14,20-21,25,28,45H,7,12,15-19,22H2,(H,42,46)(H,43,47). The number of amides is 2. The third-order valence-electron chi connectivity index (χ3n) is 9.43. The second-order valence-electron chi connectivity index (χ2n) is 12.4. The van der Waals surface area contributed by atoms with Gasteiger partial charge in [0.25, 0.3) is 5.91 Å². The summed E-state index contributed by atoms with van der Waals surface area (Å²) in [5.41, 5.74) is 2.60. The van der Waals surface area contributed by atoms with E-state index in [2.05, 4.69) is 15.5 Å². The van der Waals surface area contributed by atoms with Crippen molar-refractivity contribution in [3.8, 4) is 5.75 Å². The molecule has 4 aromatic rings. The van der Waals surface area contributed by atoms with E-state index in [1.165, 1.54) is 18.2 Å². The fraction of sp³-hybridized carbons (Fsp3) is 0.297. The number of benzene rings is 4. The number of carbonyl (C=O) groups excluding carboxylic acids is 2. The summed E-state index contributed by atoms with van der Waals surface area (Å²) in [6.07, 6.45) is 2.71. The third kappa shape index (κ3) is 7.73. The Morgan fingerprint density at radius 3 is 2.44 bits per heavy atom. The molecule has 0 saturated carbocycles. The molecule has 0 radical (unpaired) electrons. The lowest BCUT2D eigenvalue weighted by atomic mass is 9.81. The highest BCUT2D eigenvalue weighted by Crippen LogP contribution is 2.44. The molecule has 2 aliphatic rings. The lowest BCUT2D eigenvalue weighted by Gasteiger charge is -2.46. The number of aromatic hydroxyl groups is 1. The van der Waals surface area contributed by atoms with Crippen LogP contribution in [0.2, 0.25) is 15.1 Å². The molecule has 3 N–H and O–H groups in total. The van der Waals surface area contributed by atoms with Crippen LogP contribution in [0, 0.1) is 5.82 Å². The summed E-state index contributed by atoms with van der Waals surface area (Å²) in [6, 6.07) is 24.2. The van der Waals surface area contributed by atoms with E-state index in [0.717, 1.165) is 24.0 Å². The molecule has 0 aliphatic carbocycles. The maximum Gasteiger partial charge on any atom is 0.412 e. The fourth-order valence-electron chi connectivity index (χ4n) is 6.82. The lowest BCUT2D eigenvalue weighted by molar-refractivity contribution is -0.0468. The molecule has 2 atom stereocenters. The number of hydrogen-bond acceptors (Lipinski definition) is 5. The number of phenolic OH excluding ortho intramolecular Hbond substituents is 1. The molecule has 2 heterocycles. The van der Waals surface area contributed by atoms with E-state index in [0.29, 0.717) is 65.2 Å². The van der Waals surface area contributed by atoms with Crippen molar-refractivity contribution < 1.29 is 23.8 Å². The number of nitrogens with one attached hydrogen (secondary N) is 2. The zero-order valence-corrected chi connectivity index (χ0v) is 28.3. The van der Waals surface area contributed by atoms with Crippen LogP contribution in [0.15, 0.2) is 84.9 Å².